The van der Waals surface area contributed by atoms with Crippen LogP contribution in [0.1, 0.15) is 17.2 Å². The van der Waals surface area contributed by atoms with Crippen LogP contribution in [0.4, 0.5) is 13.2 Å². The molecule has 3 aromatic rings. The van der Waals surface area contributed by atoms with Gasteiger partial charge in [-0.1, -0.05) is 12.1 Å². The van der Waals surface area contributed by atoms with Crippen molar-refractivity contribution in [3.8, 4) is 17.0 Å². The van der Waals surface area contributed by atoms with E-state index in [2.05, 4.69) is 4.98 Å². The van der Waals surface area contributed by atoms with Crippen LogP contribution in [0, 0.1) is 22.4 Å². The first kappa shape index (κ1) is 28.7. The molecule has 2 atom stereocenters. The summed E-state index contributed by atoms with van der Waals surface area (Å²) in [4.78, 5) is 32.7. The number of sulfone groups is 1. The highest BCUT2D eigenvalue weighted by molar-refractivity contribution is 7.94. The molecule has 1 aliphatic heterocycles. The first-order valence-electron chi connectivity index (χ1n) is 12.0. The molecule has 13 heteroatoms. The Bertz CT molecular complexity index is 1600. The monoisotopic (exact) mass is 575 g/mol. The number of halogens is 3. The molecule has 0 bridgehead atoms. The number of benzene rings is 2. The van der Waals surface area contributed by atoms with Gasteiger partial charge in [-0.15, -0.1) is 5.01 Å². The molecule has 0 fully saturated rings. The minimum Gasteiger partial charge on any atom is -0.481 e. The Labute approximate surface area is 229 Å². The lowest BCUT2D eigenvalue weighted by Gasteiger charge is -2.24. The van der Waals surface area contributed by atoms with Gasteiger partial charge in [0.15, 0.2) is 21.5 Å². The molecular formula is C27H26F3N4O5S+. The normalized spacial score (nSPS) is 16.4. The Morgan fingerprint density at radius 2 is 1.73 bits per heavy atom. The molecule has 9 nitrogen and oxygen atoms in total. The highest BCUT2D eigenvalue weighted by Crippen LogP contribution is 2.31. The van der Waals surface area contributed by atoms with Crippen LogP contribution >= 0.6 is 0 Å². The topological polar surface area (TPSA) is 99.9 Å². The highest BCUT2D eigenvalue weighted by atomic mass is 32.2. The second kappa shape index (κ2) is 11.5. The summed E-state index contributed by atoms with van der Waals surface area (Å²) in [5.41, 5.74) is 0.616. The Balaban J connectivity index is 1.77. The molecule has 1 amide bonds. The van der Waals surface area contributed by atoms with Gasteiger partial charge in [0.2, 0.25) is 5.88 Å². The van der Waals surface area contributed by atoms with Gasteiger partial charge in [0.25, 0.3) is 0 Å². The SMILES string of the molecule is COc1cc(CN([C@@H]2C=CS(=O)(=O)C2)[N+](=O)[C@@H](C(=O)N(C)C)c2ccc(-c3ccc(F)c(F)c3)cc2F)ccn1. The average molecular weight is 576 g/mol. The van der Waals surface area contributed by atoms with E-state index in [-0.39, 0.29) is 34.0 Å². The van der Waals surface area contributed by atoms with E-state index in [1.807, 2.05) is 0 Å². The van der Waals surface area contributed by atoms with Crippen molar-refractivity contribution in [1.29, 1.82) is 0 Å². The van der Waals surface area contributed by atoms with Crippen molar-refractivity contribution in [2.45, 2.75) is 18.6 Å². The van der Waals surface area contributed by atoms with Gasteiger partial charge in [-0.25, -0.2) is 26.6 Å². The first-order valence-corrected chi connectivity index (χ1v) is 13.7. The number of likely N-dealkylation sites (N-methyl/N-ethyl adjacent to an activating group) is 1. The van der Waals surface area contributed by atoms with Crippen molar-refractivity contribution >= 4 is 15.7 Å². The van der Waals surface area contributed by atoms with Crippen molar-refractivity contribution < 1.29 is 36.0 Å². The number of amides is 1. The minimum atomic E-state index is -3.61. The van der Waals surface area contributed by atoms with Crippen molar-refractivity contribution in [1.82, 2.24) is 14.9 Å². The maximum absolute atomic E-state index is 15.6. The molecule has 1 aliphatic rings. The Kier molecular flexibility index (Phi) is 8.24. The van der Waals surface area contributed by atoms with E-state index >= 15 is 4.39 Å². The molecule has 0 unspecified atom stereocenters. The zero-order valence-electron chi connectivity index (χ0n) is 21.8. The maximum Gasteiger partial charge on any atom is 0.339 e. The number of hydrogen-bond acceptors (Lipinski definition) is 6. The lowest BCUT2D eigenvalue weighted by Crippen LogP contribution is -2.47. The summed E-state index contributed by atoms with van der Waals surface area (Å²) in [5, 5.41) is 2.12. The third-order valence-electron chi connectivity index (χ3n) is 6.34. The minimum absolute atomic E-state index is 0.154. The summed E-state index contributed by atoms with van der Waals surface area (Å²) < 4.78 is 72.3. The van der Waals surface area contributed by atoms with Crippen LogP contribution in [-0.2, 0) is 21.2 Å². The molecule has 0 saturated carbocycles. The average Bonchev–Trinajstić information content (AvgIpc) is 3.28. The fourth-order valence-electron chi connectivity index (χ4n) is 4.27. The standard InChI is InChI=1S/C27H26F3N4O5S/c1-32(2)27(35)26(21-6-4-18(13-23(21)29)19-5-7-22(28)24(30)14-19)34(36)33(20-9-11-40(37,38)16-20)15-17-8-10-31-25(12-17)39-3/h4-14,20,26H,15-16H2,1-3H3/q+1/t20-,26-/m1/s1. The summed E-state index contributed by atoms with van der Waals surface area (Å²) >= 11 is 0. The molecule has 0 radical (unpaired) electrons. The molecule has 0 aliphatic carbocycles. The van der Waals surface area contributed by atoms with Gasteiger partial charge in [-0.3, -0.25) is 4.79 Å². The van der Waals surface area contributed by atoms with E-state index in [1.165, 1.54) is 51.7 Å². The largest absolute Gasteiger partial charge is 0.481 e. The molecule has 210 valence electrons. The Hall–Kier alpha value is -4.26. The van der Waals surface area contributed by atoms with E-state index < -0.39 is 51.0 Å². The molecule has 0 N–H and O–H groups in total. The second-order valence-electron chi connectivity index (χ2n) is 9.33. The summed E-state index contributed by atoms with van der Waals surface area (Å²) in [6, 6.07) is 7.15. The third kappa shape index (κ3) is 6.14. The second-order valence-corrected chi connectivity index (χ2v) is 11.3. The predicted octanol–water partition coefficient (Wildman–Crippen LogP) is 3.81. The van der Waals surface area contributed by atoms with Gasteiger partial charge in [-0.05, 0) is 53.1 Å². The van der Waals surface area contributed by atoms with Crippen molar-refractivity contribution in [3.05, 3.63) is 99.7 Å². The smallest absolute Gasteiger partial charge is 0.339 e. The summed E-state index contributed by atoms with van der Waals surface area (Å²) in [5.74, 6) is -4.05. The lowest BCUT2D eigenvalue weighted by molar-refractivity contribution is -0.738. The number of rotatable bonds is 9. The number of pyridine rings is 1. The molecule has 0 spiro atoms. The number of ether oxygens (including phenoxy) is 1. The maximum atomic E-state index is 15.6. The van der Waals surface area contributed by atoms with Crippen LogP contribution < -0.4 is 4.74 Å². The van der Waals surface area contributed by atoms with Crippen molar-refractivity contribution in [3.63, 3.8) is 0 Å². The fourth-order valence-corrected chi connectivity index (χ4v) is 5.56. The molecule has 0 saturated heterocycles. The number of carbonyl (C=O) groups is 1. The highest BCUT2D eigenvalue weighted by Gasteiger charge is 2.46. The van der Waals surface area contributed by atoms with Crippen LogP contribution in [0.2, 0.25) is 0 Å². The van der Waals surface area contributed by atoms with E-state index in [4.69, 9.17) is 4.74 Å². The van der Waals surface area contributed by atoms with Crippen molar-refractivity contribution in [2.75, 3.05) is 27.0 Å². The number of hydrazine groups is 1. The van der Waals surface area contributed by atoms with E-state index in [0.717, 1.165) is 33.5 Å². The third-order valence-corrected chi connectivity index (χ3v) is 7.72. The molecular weight excluding hydrogens is 549 g/mol. The molecule has 40 heavy (non-hydrogen) atoms. The summed E-state index contributed by atoms with van der Waals surface area (Å²) in [6.45, 7) is -0.154. The lowest BCUT2D eigenvalue weighted by atomic mass is 9.99. The van der Waals surface area contributed by atoms with Crippen molar-refractivity contribution in [2.24, 2.45) is 0 Å². The zero-order valence-corrected chi connectivity index (χ0v) is 22.6. The number of carbonyl (C=O) groups excluding carboxylic acids is 1. The van der Waals surface area contributed by atoms with Gasteiger partial charge < -0.3 is 9.64 Å². The molecule has 2 heterocycles. The van der Waals surface area contributed by atoms with Crippen LogP contribution in [0.25, 0.3) is 11.1 Å². The molecule has 1 aromatic heterocycles. The van der Waals surface area contributed by atoms with Crippen LogP contribution in [0.15, 0.2) is 66.2 Å². The van der Waals surface area contributed by atoms with E-state index in [1.54, 1.807) is 12.1 Å². The predicted molar refractivity (Wildman–Crippen MR) is 140 cm³/mol. The van der Waals surface area contributed by atoms with Gasteiger partial charge in [0.05, 0.1) is 23.3 Å². The number of nitrogens with zero attached hydrogens (tertiary/aromatic N) is 4. The van der Waals surface area contributed by atoms with Gasteiger partial charge in [-0.2, -0.15) is 0 Å². The number of aromatic nitrogens is 1. The van der Waals surface area contributed by atoms with Gasteiger partial charge in [0.1, 0.15) is 23.3 Å². The summed E-state index contributed by atoms with van der Waals surface area (Å²) in [7, 11) is 0.598. The number of hydrogen-bond donors (Lipinski definition) is 0. The zero-order chi connectivity index (χ0) is 29.2. The number of methoxy groups -OCH3 is 1. The van der Waals surface area contributed by atoms with Gasteiger partial charge >= 0.3 is 11.9 Å². The fraction of sp³-hybridized carbons (Fsp3) is 0.259. The van der Waals surface area contributed by atoms with E-state index in [9.17, 15) is 26.9 Å². The molecule has 2 aromatic carbocycles. The first-order chi connectivity index (χ1) is 18.9. The van der Waals surface area contributed by atoms with Crippen LogP contribution in [0.3, 0.4) is 0 Å². The molecule has 4 rings (SSSR count). The van der Waals surface area contributed by atoms with Crippen LogP contribution in [0.5, 0.6) is 5.88 Å². The van der Waals surface area contributed by atoms with Gasteiger partial charge in [0, 0.05) is 31.8 Å². The van der Waals surface area contributed by atoms with E-state index in [0.29, 0.717) is 5.56 Å². The Morgan fingerprint density at radius 1 is 1.05 bits per heavy atom. The quantitative estimate of drug-likeness (QED) is 0.283. The number of nitroso groups, excluding NO2 is 1. The summed E-state index contributed by atoms with van der Waals surface area (Å²) in [6.07, 6.45) is 2.78. The van der Waals surface area contributed by atoms with Crippen LogP contribution in [-0.4, -0.2) is 67.1 Å². The Morgan fingerprint density at radius 3 is 2.30 bits per heavy atom.